The van der Waals surface area contributed by atoms with E-state index in [0.29, 0.717) is 13.1 Å². The second-order valence-electron chi connectivity index (χ2n) is 4.37. The van der Waals surface area contributed by atoms with Crippen LogP contribution in [-0.4, -0.2) is 51.0 Å². The molecule has 0 saturated carbocycles. The van der Waals surface area contributed by atoms with E-state index in [1.807, 2.05) is 0 Å². The van der Waals surface area contributed by atoms with Gasteiger partial charge in [-0.15, -0.1) is 0 Å². The fourth-order valence-electron chi connectivity index (χ4n) is 2.07. The van der Waals surface area contributed by atoms with E-state index in [1.165, 1.54) is 19.2 Å². The van der Waals surface area contributed by atoms with Gasteiger partial charge in [-0.25, -0.2) is 9.18 Å². The number of nitrogens with one attached hydrogen (secondary N) is 1. The number of halogens is 1. The standard InChI is InChI=1S/C13H18FN3O2/c1-19-10-15-13(18)17-8-6-16(7-9-17)12-4-2-11(14)3-5-12/h2-5H,6-10H2,1H3,(H,15,18). The van der Waals surface area contributed by atoms with Crippen molar-refractivity contribution in [2.24, 2.45) is 0 Å². The van der Waals surface area contributed by atoms with Gasteiger partial charge in [0.1, 0.15) is 12.5 Å². The number of hydrogen-bond donors (Lipinski definition) is 1. The van der Waals surface area contributed by atoms with Crippen LogP contribution in [0.3, 0.4) is 0 Å². The van der Waals surface area contributed by atoms with Crippen molar-refractivity contribution in [3.05, 3.63) is 30.1 Å². The molecule has 1 aliphatic heterocycles. The molecule has 1 saturated heterocycles. The molecule has 0 aliphatic carbocycles. The summed E-state index contributed by atoms with van der Waals surface area (Å²) in [5.41, 5.74) is 0.985. The molecule has 0 bridgehead atoms. The van der Waals surface area contributed by atoms with E-state index < -0.39 is 0 Å². The van der Waals surface area contributed by atoms with Gasteiger partial charge in [-0.3, -0.25) is 0 Å². The Morgan fingerprint density at radius 2 is 1.89 bits per heavy atom. The van der Waals surface area contributed by atoms with Crippen molar-refractivity contribution >= 4 is 11.7 Å². The summed E-state index contributed by atoms with van der Waals surface area (Å²) in [7, 11) is 1.53. The maximum Gasteiger partial charge on any atom is 0.319 e. The van der Waals surface area contributed by atoms with Crippen LogP contribution in [0.4, 0.5) is 14.9 Å². The van der Waals surface area contributed by atoms with Crippen LogP contribution in [0, 0.1) is 5.82 Å². The minimum atomic E-state index is -0.235. The summed E-state index contributed by atoms with van der Waals surface area (Å²) in [6.07, 6.45) is 0. The first-order chi connectivity index (χ1) is 9.20. The lowest BCUT2D eigenvalue weighted by Crippen LogP contribution is -2.52. The zero-order valence-electron chi connectivity index (χ0n) is 10.9. The Hall–Kier alpha value is -1.82. The Morgan fingerprint density at radius 3 is 2.47 bits per heavy atom. The van der Waals surface area contributed by atoms with Crippen molar-refractivity contribution in [3.8, 4) is 0 Å². The van der Waals surface area contributed by atoms with Crippen molar-refractivity contribution in [1.29, 1.82) is 0 Å². The summed E-state index contributed by atoms with van der Waals surface area (Å²) < 4.78 is 17.6. The maximum absolute atomic E-state index is 12.8. The summed E-state index contributed by atoms with van der Waals surface area (Å²) in [6, 6.07) is 6.31. The van der Waals surface area contributed by atoms with Crippen molar-refractivity contribution in [1.82, 2.24) is 10.2 Å². The fraction of sp³-hybridized carbons (Fsp3) is 0.462. The summed E-state index contributed by atoms with van der Waals surface area (Å²) in [6.45, 7) is 2.99. The van der Waals surface area contributed by atoms with E-state index >= 15 is 0 Å². The summed E-state index contributed by atoms with van der Waals surface area (Å²) in [5, 5.41) is 2.66. The fourth-order valence-corrected chi connectivity index (χ4v) is 2.07. The Labute approximate surface area is 111 Å². The van der Waals surface area contributed by atoms with E-state index in [0.717, 1.165) is 18.8 Å². The van der Waals surface area contributed by atoms with Gasteiger partial charge >= 0.3 is 6.03 Å². The Balaban J connectivity index is 1.85. The number of carbonyl (C=O) groups excluding carboxylic acids is 1. The zero-order chi connectivity index (χ0) is 13.7. The number of carbonyl (C=O) groups is 1. The average Bonchev–Trinajstić information content (AvgIpc) is 2.46. The lowest BCUT2D eigenvalue weighted by atomic mass is 10.2. The summed E-state index contributed by atoms with van der Waals surface area (Å²) in [4.78, 5) is 15.6. The monoisotopic (exact) mass is 267 g/mol. The van der Waals surface area contributed by atoms with Crippen LogP contribution in [0.5, 0.6) is 0 Å². The van der Waals surface area contributed by atoms with Crippen LogP contribution in [0.1, 0.15) is 0 Å². The zero-order valence-corrected chi connectivity index (χ0v) is 10.9. The van der Waals surface area contributed by atoms with Crippen LogP contribution in [0.15, 0.2) is 24.3 Å². The molecule has 0 spiro atoms. The van der Waals surface area contributed by atoms with Crippen molar-refractivity contribution < 1.29 is 13.9 Å². The largest absolute Gasteiger partial charge is 0.368 e. The molecule has 1 aromatic rings. The molecule has 1 aromatic carbocycles. The van der Waals surface area contributed by atoms with Gasteiger partial charge in [-0.1, -0.05) is 0 Å². The third kappa shape index (κ3) is 3.57. The second kappa shape index (κ2) is 6.38. The quantitative estimate of drug-likeness (QED) is 0.839. The van der Waals surface area contributed by atoms with Gasteiger partial charge in [-0.05, 0) is 24.3 Å². The Kier molecular flexibility index (Phi) is 4.57. The van der Waals surface area contributed by atoms with Crippen LogP contribution in [0.25, 0.3) is 0 Å². The van der Waals surface area contributed by atoms with Crippen LogP contribution in [0.2, 0.25) is 0 Å². The minimum absolute atomic E-state index is 0.111. The highest BCUT2D eigenvalue weighted by molar-refractivity contribution is 5.74. The molecular formula is C13H18FN3O2. The topological polar surface area (TPSA) is 44.8 Å². The molecule has 1 aliphatic rings. The lowest BCUT2D eigenvalue weighted by molar-refractivity contribution is 0.152. The molecule has 6 heteroatoms. The van der Waals surface area contributed by atoms with Gasteiger partial charge in [0.25, 0.3) is 0 Å². The smallest absolute Gasteiger partial charge is 0.319 e. The number of amides is 2. The predicted octanol–water partition coefficient (Wildman–Crippen LogP) is 1.26. The Bertz CT molecular complexity index is 416. The molecule has 0 atom stereocenters. The summed E-state index contributed by atoms with van der Waals surface area (Å²) in [5.74, 6) is -0.235. The molecule has 2 rings (SSSR count). The van der Waals surface area contributed by atoms with E-state index in [-0.39, 0.29) is 18.6 Å². The van der Waals surface area contributed by atoms with Gasteiger partial charge in [0.05, 0.1) is 0 Å². The number of methoxy groups -OCH3 is 1. The van der Waals surface area contributed by atoms with Crippen LogP contribution < -0.4 is 10.2 Å². The number of urea groups is 1. The Morgan fingerprint density at radius 1 is 1.26 bits per heavy atom. The van der Waals surface area contributed by atoms with E-state index in [4.69, 9.17) is 4.74 Å². The number of anilines is 1. The first-order valence-corrected chi connectivity index (χ1v) is 6.23. The SMILES string of the molecule is COCNC(=O)N1CCN(c2ccc(F)cc2)CC1. The molecule has 0 radical (unpaired) electrons. The van der Waals surface area contributed by atoms with Crippen molar-refractivity contribution in [2.75, 3.05) is 44.9 Å². The molecule has 1 heterocycles. The third-order valence-corrected chi connectivity index (χ3v) is 3.13. The first-order valence-electron chi connectivity index (χ1n) is 6.23. The van der Waals surface area contributed by atoms with Gasteiger partial charge < -0.3 is 19.9 Å². The highest BCUT2D eigenvalue weighted by atomic mass is 19.1. The number of ether oxygens (including phenoxy) is 1. The van der Waals surface area contributed by atoms with Crippen molar-refractivity contribution in [3.63, 3.8) is 0 Å². The minimum Gasteiger partial charge on any atom is -0.368 e. The van der Waals surface area contributed by atoms with Crippen LogP contribution >= 0.6 is 0 Å². The molecule has 0 aromatic heterocycles. The molecular weight excluding hydrogens is 249 g/mol. The van der Waals surface area contributed by atoms with Crippen molar-refractivity contribution in [2.45, 2.75) is 0 Å². The molecule has 0 unspecified atom stereocenters. The number of hydrogen-bond acceptors (Lipinski definition) is 3. The molecule has 19 heavy (non-hydrogen) atoms. The predicted molar refractivity (Wildman–Crippen MR) is 70.6 cm³/mol. The molecule has 104 valence electrons. The number of nitrogens with zero attached hydrogens (tertiary/aromatic N) is 2. The van der Waals surface area contributed by atoms with Gasteiger partial charge in [-0.2, -0.15) is 0 Å². The maximum atomic E-state index is 12.8. The van der Waals surface area contributed by atoms with Gasteiger partial charge in [0.15, 0.2) is 0 Å². The number of rotatable bonds is 3. The average molecular weight is 267 g/mol. The molecule has 2 amide bonds. The second-order valence-corrected chi connectivity index (χ2v) is 4.37. The number of benzene rings is 1. The van der Waals surface area contributed by atoms with E-state index in [9.17, 15) is 9.18 Å². The third-order valence-electron chi connectivity index (χ3n) is 3.13. The highest BCUT2D eigenvalue weighted by Gasteiger charge is 2.20. The summed E-state index contributed by atoms with van der Waals surface area (Å²) >= 11 is 0. The molecule has 1 fully saturated rings. The number of piperazine rings is 1. The van der Waals surface area contributed by atoms with Crippen LogP contribution in [-0.2, 0) is 4.74 Å². The highest BCUT2D eigenvalue weighted by Crippen LogP contribution is 2.16. The lowest BCUT2D eigenvalue weighted by Gasteiger charge is -2.36. The first kappa shape index (κ1) is 13.6. The van der Waals surface area contributed by atoms with Gasteiger partial charge in [0.2, 0.25) is 0 Å². The molecule has 1 N–H and O–H groups in total. The van der Waals surface area contributed by atoms with E-state index in [2.05, 4.69) is 10.2 Å². The van der Waals surface area contributed by atoms with Gasteiger partial charge in [0, 0.05) is 39.0 Å². The molecule has 5 nitrogen and oxygen atoms in total. The normalized spacial score (nSPS) is 15.5. The van der Waals surface area contributed by atoms with E-state index in [1.54, 1.807) is 17.0 Å².